The molecule has 0 spiro atoms. The zero-order valence-corrected chi connectivity index (χ0v) is 6.76. The van der Waals surface area contributed by atoms with E-state index in [9.17, 15) is 0 Å². The summed E-state index contributed by atoms with van der Waals surface area (Å²) in [5.41, 5.74) is 0. The molecular formula is C7H16N2O. The van der Waals surface area contributed by atoms with Crippen LogP contribution in [0.2, 0.25) is 0 Å². The van der Waals surface area contributed by atoms with Gasteiger partial charge in [-0.25, -0.2) is 0 Å². The summed E-state index contributed by atoms with van der Waals surface area (Å²) in [5.74, 6) is 0.647. The van der Waals surface area contributed by atoms with E-state index in [2.05, 4.69) is 17.1 Å². The fourth-order valence-electron chi connectivity index (χ4n) is 1.02. The minimum absolute atomic E-state index is 0.647. The number of nitrogens with one attached hydrogen (secondary N) is 1. The summed E-state index contributed by atoms with van der Waals surface area (Å²) in [6.07, 6.45) is 0. The van der Waals surface area contributed by atoms with Crippen LogP contribution in [0.15, 0.2) is 0 Å². The van der Waals surface area contributed by atoms with Crippen molar-refractivity contribution in [3.8, 4) is 0 Å². The summed E-state index contributed by atoms with van der Waals surface area (Å²) >= 11 is 0. The molecule has 0 aromatic carbocycles. The minimum Gasteiger partial charge on any atom is -0.366 e. The van der Waals surface area contributed by atoms with Crippen molar-refractivity contribution in [3.05, 3.63) is 0 Å². The molecule has 1 rings (SSSR count). The van der Waals surface area contributed by atoms with Gasteiger partial charge in [-0.3, -0.25) is 4.90 Å². The Morgan fingerprint density at radius 3 is 3.20 bits per heavy atom. The van der Waals surface area contributed by atoms with Gasteiger partial charge in [0.05, 0.1) is 13.3 Å². The molecule has 1 aliphatic rings. The Labute approximate surface area is 62.3 Å². The molecule has 1 saturated heterocycles. The van der Waals surface area contributed by atoms with Crippen LogP contribution < -0.4 is 5.32 Å². The normalized spacial score (nSPS) is 31.2. The highest BCUT2D eigenvalue weighted by atomic mass is 16.5. The average Bonchev–Trinajstić information content (AvgIpc) is 1.84. The number of hydrogen-bond acceptors (Lipinski definition) is 3. The lowest BCUT2D eigenvalue weighted by Crippen LogP contribution is -2.39. The molecule has 0 amide bonds. The van der Waals surface area contributed by atoms with E-state index < -0.39 is 0 Å². The quantitative estimate of drug-likeness (QED) is 0.521. The van der Waals surface area contributed by atoms with E-state index in [4.69, 9.17) is 4.74 Å². The van der Waals surface area contributed by atoms with E-state index in [1.54, 1.807) is 0 Å². The molecule has 1 atom stereocenters. The zero-order chi connectivity index (χ0) is 7.40. The molecule has 10 heavy (non-hydrogen) atoms. The van der Waals surface area contributed by atoms with Crippen molar-refractivity contribution < 1.29 is 4.74 Å². The van der Waals surface area contributed by atoms with Crippen LogP contribution in [0, 0.1) is 5.92 Å². The van der Waals surface area contributed by atoms with E-state index in [1.807, 2.05) is 7.05 Å². The summed E-state index contributed by atoms with van der Waals surface area (Å²) in [4.78, 5) is 2.12. The van der Waals surface area contributed by atoms with Gasteiger partial charge < -0.3 is 10.1 Å². The molecule has 1 fully saturated rings. The van der Waals surface area contributed by atoms with Crippen molar-refractivity contribution in [2.24, 2.45) is 5.92 Å². The first-order valence-corrected chi connectivity index (χ1v) is 3.76. The summed E-state index contributed by atoms with van der Waals surface area (Å²) < 4.78 is 5.38. The molecule has 1 N–H and O–H groups in total. The first-order valence-electron chi connectivity index (χ1n) is 3.76. The highest BCUT2D eigenvalue weighted by Crippen LogP contribution is 1.97. The zero-order valence-electron chi connectivity index (χ0n) is 6.76. The fourth-order valence-corrected chi connectivity index (χ4v) is 1.02. The van der Waals surface area contributed by atoms with Gasteiger partial charge in [0.1, 0.15) is 0 Å². The van der Waals surface area contributed by atoms with Crippen molar-refractivity contribution in [3.63, 3.8) is 0 Å². The molecule has 0 radical (unpaired) electrons. The van der Waals surface area contributed by atoms with Crippen LogP contribution in [0.1, 0.15) is 6.92 Å². The third-order valence-electron chi connectivity index (χ3n) is 1.59. The van der Waals surface area contributed by atoms with E-state index in [0.29, 0.717) is 5.92 Å². The van der Waals surface area contributed by atoms with Crippen LogP contribution in [0.25, 0.3) is 0 Å². The van der Waals surface area contributed by atoms with Crippen molar-refractivity contribution in [1.82, 2.24) is 10.2 Å². The monoisotopic (exact) mass is 144 g/mol. The minimum atomic E-state index is 0.647. The third kappa shape index (κ3) is 2.64. The summed E-state index contributed by atoms with van der Waals surface area (Å²) in [6.45, 7) is 5.81. The van der Waals surface area contributed by atoms with Crippen LogP contribution in [0.5, 0.6) is 0 Å². The van der Waals surface area contributed by atoms with Crippen molar-refractivity contribution in [2.75, 3.05) is 33.6 Å². The molecule has 3 heteroatoms. The first-order chi connectivity index (χ1) is 4.79. The van der Waals surface area contributed by atoms with E-state index >= 15 is 0 Å². The van der Waals surface area contributed by atoms with Crippen LogP contribution in [0.4, 0.5) is 0 Å². The highest BCUT2D eigenvalue weighted by Gasteiger charge is 2.07. The van der Waals surface area contributed by atoms with E-state index in [1.165, 1.54) is 0 Å². The number of rotatable bonds is 0. The summed E-state index contributed by atoms with van der Waals surface area (Å²) in [6, 6.07) is 0. The van der Waals surface area contributed by atoms with Gasteiger partial charge in [-0.05, 0) is 13.0 Å². The Morgan fingerprint density at radius 2 is 2.40 bits per heavy atom. The molecule has 0 aliphatic carbocycles. The standard InChI is InChI=1S/C7H16N2O/c1-7-3-8-5-9(2)6-10-4-7/h7-8H,3-6H2,1-2H3. The van der Waals surface area contributed by atoms with Gasteiger partial charge in [0.25, 0.3) is 0 Å². The fraction of sp³-hybridized carbons (Fsp3) is 1.00. The lowest BCUT2D eigenvalue weighted by molar-refractivity contribution is 0.00767. The topological polar surface area (TPSA) is 24.5 Å². The Bertz CT molecular complexity index is 77.6. The molecule has 0 aromatic rings. The second-order valence-corrected chi connectivity index (χ2v) is 3.07. The maximum atomic E-state index is 5.38. The lowest BCUT2D eigenvalue weighted by Gasteiger charge is -2.23. The number of hydrogen-bond donors (Lipinski definition) is 1. The van der Waals surface area contributed by atoms with E-state index in [0.717, 1.165) is 26.6 Å². The predicted octanol–water partition coefficient (Wildman–Crippen LogP) is 0.0891. The lowest BCUT2D eigenvalue weighted by atomic mass is 10.2. The Hall–Kier alpha value is -0.120. The van der Waals surface area contributed by atoms with Crippen LogP contribution in [-0.2, 0) is 4.74 Å². The van der Waals surface area contributed by atoms with Gasteiger partial charge in [0, 0.05) is 13.2 Å². The molecule has 0 aromatic heterocycles. The Morgan fingerprint density at radius 1 is 1.60 bits per heavy atom. The van der Waals surface area contributed by atoms with Gasteiger partial charge in [0.15, 0.2) is 0 Å². The molecule has 0 saturated carbocycles. The van der Waals surface area contributed by atoms with Gasteiger partial charge >= 0.3 is 0 Å². The molecule has 0 bridgehead atoms. The van der Waals surface area contributed by atoms with Crippen molar-refractivity contribution in [2.45, 2.75) is 6.92 Å². The first kappa shape index (κ1) is 7.98. The molecule has 1 heterocycles. The molecule has 60 valence electrons. The van der Waals surface area contributed by atoms with Gasteiger partial charge in [-0.15, -0.1) is 0 Å². The summed E-state index contributed by atoms with van der Waals surface area (Å²) in [5, 5.41) is 3.33. The third-order valence-corrected chi connectivity index (χ3v) is 1.59. The predicted molar refractivity (Wildman–Crippen MR) is 40.6 cm³/mol. The molecule has 1 unspecified atom stereocenters. The summed E-state index contributed by atoms with van der Waals surface area (Å²) in [7, 11) is 2.04. The smallest absolute Gasteiger partial charge is 0.0997 e. The van der Waals surface area contributed by atoms with Crippen molar-refractivity contribution >= 4 is 0 Å². The average molecular weight is 144 g/mol. The van der Waals surface area contributed by atoms with Crippen molar-refractivity contribution in [1.29, 1.82) is 0 Å². The SMILES string of the molecule is CC1CNCN(C)COC1. The Balaban J connectivity index is 2.21. The van der Waals surface area contributed by atoms with Gasteiger partial charge in [0.2, 0.25) is 0 Å². The highest BCUT2D eigenvalue weighted by molar-refractivity contribution is 4.57. The molecule has 1 aliphatic heterocycles. The van der Waals surface area contributed by atoms with Crippen LogP contribution in [-0.4, -0.2) is 38.5 Å². The van der Waals surface area contributed by atoms with E-state index in [-0.39, 0.29) is 0 Å². The molecule has 3 nitrogen and oxygen atoms in total. The second kappa shape index (κ2) is 3.91. The van der Waals surface area contributed by atoms with Gasteiger partial charge in [-0.2, -0.15) is 0 Å². The van der Waals surface area contributed by atoms with Crippen LogP contribution >= 0.6 is 0 Å². The number of ether oxygens (including phenoxy) is 1. The number of nitrogens with zero attached hydrogens (tertiary/aromatic N) is 1. The van der Waals surface area contributed by atoms with Crippen LogP contribution in [0.3, 0.4) is 0 Å². The van der Waals surface area contributed by atoms with Gasteiger partial charge in [-0.1, -0.05) is 6.92 Å². The Kier molecular flexibility index (Phi) is 3.12. The largest absolute Gasteiger partial charge is 0.366 e. The second-order valence-electron chi connectivity index (χ2n) is 3.07. The maximum absolute atomic E-state index is 5.38. The maximum Gasteiger partial charge on any atom is 0.0997 e. The molecular weight excluding hydrogens is 128 g/mol.